The Morgan fingerprint density at radius 3 is 2.86 bits per heavy atom. The van der Waals surface area contributed by atoms with Crippen molar-refractivity contribution >= 4 is 39.2 Å². The molecule has 6 heteroatoms. The topological polar surface area (TPSA) is 47.6 Å². The van der Waals surface area contributed by atoms with E-state index in [9.17, 15) is 4.79 Å². The van der Waals surface area contributed by atoms with Gasteiger partial charge in [-0.05, 0) is 46.3 Å². The van der Waals surface area contributed by atoms with Gasteiger partial charge in [0.1, 0.15) is 18.1 Å². The van der Waals surface area contributed by atoms with Crippen LogP contribution in [0.4, 0.5) is 0 Å². The van der Waals surface area contributed by atoms with E-state index in [4.69, 9.17) is 9.47 Å². The third kappa shape index (κ3) is 5.54. The number of hydrogen-bond donors (Lipinski definition) is 1. The van der Waals surface area contributed by atoms with Crippen LogP contribution in [-0.4, -0.2) is 26.2 Å². The smallest absolute Gasteiger partial charge is 0.244 e. The van der Waals surface area contributed by atoms with Gasteiger partial charge < -0.3 is 14.8 Å². The SMILES string of the molecule is COc1cccc(OCCNC(=O)/C=C/c2ccc(Br)s2)c1. The summed E-state index contributed by atoms with van der Waals surface area (Å²) in [6.45, 7) is 0.839. The Labute approximate surface area is 141 Å². The molecule has 22 heavy (non-hydrogen) atoms. The average Bonchev–Trinajstić information content (AvgIpc) is 2.95. The second kappa shape index (κ2) is 8.60. The van der Waals surface area contributed by atoms with Gasteiger partial charge in [0.25, 0.3) is 0 Å². The van der Waals surface area contributed by atoms with E-state index in [1.807, 2.05) is 30.3 Å². The molecule has 116 valence electrons. The van der Waals surface area contributed by atoms with Gasteiger partial charge in [-0.2, -0.15) is 0 Å². The van der Waals surface area contributed by atoms with Crippen LogP contribution < -0.4 is 14.8 Å². The molecule has 0 saturated carbocycles. The normalized spacial score (nSPS) is 10.6. The minimum absolute atomic E-state index is 0.140. The van der Waals surface area contributed by atoms with E-state index < -0.39 is 0 Å². The summed E-state index contributed by atoms with van der Waals surface area (Å²) in [6.07, 6.45) is 3.30. The zero-order valence-corrected chi connectivity index (χ0v) is 14.4. The minimum Gasteiger partial charge on any atom is -0.497 e. The summed E-state index contributed by atoms with van der Waals surface area (Å²) in [6, 6.07) is 11.3. The fourth-order valence-electron chi connectivity index (χ4n) is 1.67. The first-order valence-electron chi connectivity index (χ1n) is 6.65. The summed E-state index contributed by atoms with van der Waals surface area (Å²) in [5.74, 6) is 1.32. The van der Waals surface area contributed by atoms with E-state index in [0.29, 0.717) is 18.9 Å². The van der Waals surface area contributed by atoms with Crippen LogP contribution in [0.25, 0.3) is 6.08 Å². The van der Waals surface area contributed by atoms with Crippen molar-refractivity contribution in [2.45, 2.75) is 0 Å². The standard InChI is InChI=1S/C16H16BrNO3S/c1-20-12-3-2-4-13(11-12)21-10-9-18-16(19)8-6-14-5-7-15(17)22-14/h2-8,11H,9-10H2,1H3,(H,18,19)/b8-6+. The van der Waals surface area contributed by atoms with Crippen LogP contribution in [0, 0.1) is 0 Å². The van der Waals surface area contributed by atoms with Crippen molar-refractivity contribution in [1.29, 1.82) is 0 Å². The van der Waals surface area contributed by atoms with Gasteiger partial charge in [0.2, 0.25) is 5.91 Å². The zero-order valence-electron chi connectivity index (χ0n) is 12.0. The van der Waals surface area contributed by atoms with E-state index in [2.05, 4.69) is 21.2 Å². The van der Waals surface area contributed by atoms with E-state index in [1.165, 1.54) is 6.08 Å². The predicted molar refractivity (Wildman–Crippen MR) is 92.6 cm³/mol. The lowest BCUT2D eigenvalue weighted by atomic mass is 10.3. The minimum atomic E-state index is -0.140. The summed E-state index contributed by atoms with van der Waals surface area (Å²) < 4.78 is 11.7. The molecule has 0 saturated heterocycles. The number of carbonyl (C=O) groups excluding carboxylic acids is 1. The van der Waals surface area contributed by atoms with Crippen LogP contribution >= 0.6 is 27.3 Å². The van der Waals surface area contributed by atoms with Crippen molar-refractivity contribution < 1.29 is 14.3 Å². The molecular weight excluding hydrogens is 366 g/mol. The molecule has 1 N–H and O–H groups in total. The van der Waals surface area contributed by atoms with Crippen molar-refractivity contribution in [3.63, 3.8) is 0 Å². The summed E-state index contributed by atoms with van der Waals surface area (Å²) in [5, 5.41) is 2.77. The molecular formula is C16H16BrNO3S. The van der Waals surface area contributed by atoms with Crippen LogP contribution in [0.1, 0.15) is 4.88 Å². The highest BCUT2D eigenvalue weighted by molar-refractivity contribution is 9.11. The predicted octanol–water partition coefficient (Wildman–Crippen LogP) is 3.73. The number of nitrogens with one attached hydrogen (secondary N) is 1. The Kier molecular flexibility index (Phi) is 6.48. The van der Waals surface area contributed by atoms with Gasteiger partial charge in [-0.15, -0.1) is 11.3 Å². The maximum Gasteiger partial charge on any atom is 0.244 e. The maximum atomic E-state index is 11.7. The lowest BCUT2D eigenvalue weighted by molar-refractivity contribution is -0.116. The summed E-state index contributed by atoms with van der Waals surface area (Å²) >= 11 is 4.95. The number of benzene rings is 1. The van der Waals surface area contributed by atoms with E-state index in [0.717, 1.165) is 14.4 Å². The number of rotatable bonds is 7. The van der Waals surface area contributed by atoms with Gasteiger partial charge in [0, 0.05) is 17.0 Å². The lowest BCUT2D eigenvalue weighted by Gasteiger charge is -2.07. The highest BCUT2D eigenvalue weighted by atomic mass is 79.9. The van der Waals surface area contributed by atoms with Crippen molar-refractivity contribution in [3.8, 4) is 11.5 Å². The molecule has 1 aromatic heterocycles. The molecule has 1 amide bonds. The van der Waals surface area contributed by atoms with Gasteiger partial charge in [-0.25, -0.2) is 0 Å². The quantitative estimate of drug-likeness (QED) is 0.587. The molecule has 2 aromatic rings. The van der Waals surface area contributed by atoms with Gasteiger partial charge in [-0.3, -0.25) is 4.79 Å². The molecule has 0 aliphatic carbocycles. The number of methoxy groups -OCH3 is 1. The van der Waals surface area contributed by atoms with Crippen LogP contribution in [0.5, 0.6) is 11.5 Å². The number of thiophene rings is 1. The molecule has 2 rings (SSSR count). The first-order chi connectivity index (χ1) is 10.7. The Hall–Kier alpha value is -1.79. The fourth-order valence-corrected chi connectivity index (χ4v) is 3.00. The van der Waals surface area contributed by atoms with Crippen molar-refractivity contribution in [1.82, 2.24) is 5.32 Å². The molecule has 0 aliphatic heterocycles. The largest absolute Gasteiger partial charge is 0.497 e. The lowest BCUT2D eigenvalue weighted by Crippen LogP contribution is -2.26. The van der Waals surface area contributed by atoms with Crippen LogP contribution in [0.2, 0.25) is 0 Å². The highest BCUT2D eigenvalue weighted by Gasteiger charge is 1.99. The molecule has 0 atom stereocenters. The van der Waals surface area contributed by atoms with Gasteiger partial charge in [0.05, 0.1) is 17.4 Å². The Balaban J connectivity index is 1.69. The third-order valence-corrected chi connectivity index (χ3v) is 4.29. The zero-order chi connectivity index (χ0) is 15.8. The van der Waals surface area contributed by atoms with Crippen LogP contribution in [-0.2, 0) is 4.79 Å². The first-order valence-corrected chi connectivity index (χ1v) is 8.26. The summed E-state index contributed by atoms with van der Waals surface area (Å²) in [5.41, 5.74) is 0. The molecule has 0 aliphatic rings. The Bertz CT molecular complexity index is 654. The highest BCUT2D eigenvalue weighted by Crippen LogP contribution is 2.22. The summed E-state index contributed by atoms with van der Waals surface area (Å²) in [4.78, 5) is 12.7. The Morgan fingerprint density at radius 2 is 2.14 bits per heavy atom. The van der Waals surface area contributed by atoms with E-state index in [1.54, 1.807) is 30.6 Å². The number of ether oxygens (including phenoxy) is 2. The fraction of sp³-hybridized carbons (Fsp3) is 0.188. The molecule has 0 unspecified atom stereocenters. The van der Waals surface area contributed by atoms with Gasteiger partial charge in [-0.1, -0.05) is 6.07 Å². The first kappa shape index (κ1) is 16.6. The number of halogens is 1. The van der Waals surface area contributed by atoms with E-state index in [-0.39, 0.29) is 5.91 Å². The maximum absolute atomic E-state index is 11.7. The molecule has 0 spiro atoms. The average molecular weight is 382 g/mol. The second-order valence-electron chi connectivity index (χ2n) is 4.29. The van der Waals surface area contributed by atoms with Gasteiger partial charge in [0.15, 0.2) is 0 Å². The molecule has 0 radical (unpaired) electrons. The molecule has 1 heterocycles. The third-order valence-electron chi connectivity index (χ3n) is 2.70. The number of carbonyl (C=O) groups is 1. The second-order valence-corrected chi connectivity index (χ2v) is 6.79. The monoisotopic (exact) mass is 381 g/mol. The van der Waals surface area contributed by atoms with E-state index >= 15 is 0 Å². The van der Waals surface area contributed by atoms with Crippen molar-refractivity contribution in [2.24, 2.45) is 0 Å². The van der Waals surface area contributed by atoms with Crippen LogP contribution in [0.15, 0.2) is 46.3 Å². The molecule has 0 fully saturated rings. The molecule has 4 nitrogen and oxygen atoms in total. The van der Waals surface area contributed by atoms with Gasteiger partial charge >= 0.3 is 0 Å². The Morgan fingerprint density at radius 1 is 1.32 bits per heavy atom. The number of hydrogen-bond acceptors (Lipinski definition) is 4. The molecule has 1 aromatic carbocycles. The van der Waals surface area contributed by atoms with Crippen molar-refractivity contribution in [2.75, 3.05) is 20.3 Å². The number of amides is 1. The van der Waals surface area contributed by atoms with Crippen LogP contribution in [0.3, 0.4) is 0 Å². The summed E-state index contributed by atoms with van der Waals surface area (Å²) in [7, 11) is 1.61. The molecule has 0 bridgehead atoms. The van der Waals surface area contributed by atoms with Crippen molar-refractivity contribution in [3.05, 3.63) is 51.1 Å².